The molecule has 4 rings (SSSR count). The second-order valence-corrected chi connectivity index (χ2v) is 7.92. The van der Waals surface area contributed by atoms with Crippen LogP contribution in [0.1, 0.15) is 47.4 Å². The highest BCUT2D eigenvalue weighted by molar-refractivity contribution is 6.08. The standard InChI is InChI=1S/C29H28N2O/c1-22(24-14-6-3-7-15-24)30-27-20-12-13-21-28(27)31(23(2)25-16-8-4-9-17-25)29(32)26-18-10-5-11-19-26/h3-23,30H,1-2H3/t22-,23-/m0/s1. The minimum absolute atomic E-state index is 0.0245. The number of nitrogens with one attached hydrogen (secondary N) is 1. The number of hydrogen-bond donors (Lipinski definition) is 1. The minimum atomic E-state index is -0.140. The van der Waals surface area contributed by atoms with Crippen LogP contribution < -0.4 is 10.2 Å². The maximum absolute atomic E-state index is 13.8. The van der Waals surface area contributed by atoms with Gasteiger partial charge >= 0.3 is 0 Å². The molecule has 32 heavy (non-hydrogen) atoms. The highest BCUT2D eigenvalue weighted by Gasteiger charge is 2.26. The largest absolute Gasteiger partial charge is 0.377 e. The van der Waals surface area contributed by atoms with Gasteiger partial charge in [0, 0.05) is 11.6 Å². The quantitative estimate of drug-likeness (QED) is 0.341. The first-order valence-electron chi connectivity index (χ1n) is 11.0. The summed E-state index contributed by atoms with van der Waals surface area (Å²) in [7, 11) is 0. The second kappa shape index (κ2) is 9.97. The van der Waals surface area contributed by atoms with E-state index in [2.05, 4.69) is 43.4 Å². The molecule has 2 atom stereocenters. The fourth-order valence-electron chi connectivity index (χ4n) is 3.96. The predicted octanol–water partition coefficient (Wildman–Crippen LogP) is 7.27. The third kappa shape index (κ3) is 4.73. The molecule has 3 nitrogen and oxygen atoms in total. The lowest BCUT2D eigenvalue weighted by molar-refractivity contribution is 0.0978. The lowest BCUT2D eigenvalue weighted by atomic mass is 10.0. The summed E-state index contributed by atoms with van der Waals surface area (Å²) in [6.45, 7) is 4.21. The molecule has 0 spiro atoms. The van der Waals surface area contributed by atoms with E-state index >= 15 is 0 Å². The molecule has 1 N–H and O–H groups in total. The van der Waals surface area contributed by atoms with E-state index in [0.717, 1.165) is 16.9 Å². The zero-order valence-corrected chi connectivity index (χ0v) is 18.5. The molecule has 0 aliphatic heterocycles. The van der Waals surface area contributed by atoms with E-state index in [1.807, 2.05) is 95.9 Å². The number of benzene rings is 4. The van der Waals surface area contributed by atoms with Gasteiger partial charge in [0.05, 0.1) is 17.4 Å². The van der Waals surface area contributed by atoms with Crippen LogP contribution in [0.3, 0.4) is 0 Å². The van der Waals surface area contributed by atoms with Gasteiger partial charge < -0.3 is 5.32 Å². The molecule has 0 unspecified atom stereocenters. The van der Waals surface area contributed by atoms with Crippen molar-refractivity contribution in [2.75, 3.05) is 10.2 Å². The summed E-state index contributed by atoms with van der Waals surface area (Å²) in [5.74, 6) is -0.0245. The summed E-state index contributed by atoms with van der Waals surface area (Å²) in [5.41, 5.74) is 4.74. The first kappa shape index (κ1) is 21.4. The molecule has 0 aromatic heterocycles. The Labute approximate surface area is 190 Å². The van der Waals surface area contributed by atoms with Gasteiger partial charge in [-0.15, -0.1) is 0 Å². The van der Waals surface area contributed by atoms with Gasteiger partial charge in [-0.3, -0.25) is 9.69 Å². The summed E-state index contributed by atoms with van der Waals surface area (Å²) in [6.07, 6.45) is 0. The van der Waals surface area contributed by atoms with Gasteiger partial charge in [-0.25, -0.2) is 0 Å². The zero-order chi connectivity index (χ0) is 22.3. The molecule has 3 heteroatoms. The van der Waals surface area contributed by atoms with E-state index in [4.69, 9.17) is 0 Å². The Kier molecular flexibility index (Phi) is 6.66. The zero-order valence-electron chi connectivity index (χ0n) is 18.5. The highest BCUT2D eigenvalue weighted by Crippen LogP contribution is 2.36. The number of carbonyl (C=O) groups is 1. The normalized spacial score (nSPS) is 12.6. The molecule has 4 aromatic carbocycles. The van der Waals surface area contributed by atoms with Gasteiger partial charge in [0.2, 0.25) is 0 Å². The van der Waals surface area contributed by atoms with Crippen molar-refractivity contribution in [3.63, 3.8) is 0 Å². The molecule has 0 fully saturated rings. The van der Waals surface area contributed by atoms with Crippen LogP contribution in [0.25, 0.3) is 0 Å². The second-order valence-electron chi connectivity index (χ2n) is 7.92. The van der Waals surface area contributed by atoms with Crippen molar-refractivity contribution in [1.29, 1.82) is 0 Å². The fourth-order valence-corrected chi connectivity index (χ4v) is 3.96. The number of rotatable bonds is 7. The maximum Gasteiger partial charge on any atom is 0.258 e. The molecule has 0 radical (unpaired) electrons. The van der Waals surface area contributed by atoms with Crippen molar-refractivity contribution in [2.45, 2.75) is 25.9 Å². The number of nitrogens with zero attached hydrogens (tertiary/aromatic N) is 1. The van der Waals surface area contributed by atoms with Gasteiger partial charge in [0.25, 0.3) is 5.91 Å². The number of hydrogen-bond acceptors (Lipinski definition) is 2. The van der Waals surface area contributed by atoms with Crippen LogP contribution in [0.2, 0.25) is 0 Å². The molecule has 0 aliphatic carbocycles. The van der Waals surface area contributed by atoms with Crippen molar-refractivity contribution in [3.8, 4) is 0 Å². The number of amides is 1. The average Bonchev–Trinajstić information content (AvgIpc) is 2.86. The summed E-state index contributed by atoms with van der Waals surface area (Å²) in [5, 5.41) is 3.63. The number of carbonyl (C=O) groups excluding carboxylic acids is 1. The van der Waals surface area contributed by atoms with Crippen molar-refractivity contribution in [3.05, 3.63) is 132 Å². The van der Waals surface area contributed by atoms with E-state index in [0.29, 0.717) is 5.56 Å². The molecule has 160 valence electrons. The predicted molar refractivity (Wildman–Crippen MR) is 133 cm³/mol. The molecule has 4 aromatic rings. The van der Waals surface area contributed by atoms with Crippen molar-refractivity contribution < 1.29 is 4.79 Å². The lowest BCUT2D eigenvalue weighted by Crippen LogP contribution is -2.34. The van der Waals surface area contributed by atoms with E-state index < -0.39 is 0 Å². The molecule has 0 heterocycles. The smallest absolute Gasteiger partial charge is 0.258 e. The van der Waals surface area contributed by atoms with Crippen LogP contribution in [-0.4, -0.2) is 5.91 Å². The number of anilines is 2. The minimum Gasteiger partial charge on any atom is -0.377 e. The van der Waals surface area contributed by atoms with Gasteiger partial charge in [-0.2, -0.15) is 0 Å². The summed E-state index contributed by atoms with van der Waals surface area (Å²) in [4.78, 5) is 15.7. The maximum atomic E-state index is 13.8. The van der Waals surface area contributed by atoms with Crippen LogP contribution in [0.5, 0.6) is 0 Å². The Morgan fingerprint density at radius 1 is 0.656 bits per heavy atom. The highest BCUT2D eigenvalue weighted by atomic mass is 16.2. The lowest BCUT2D eigenvalue weighted by Gasteiger charge is -2.32. The van der Waals surface area contributed by atoms with E-state index in [1.54, 1.807) is 0 Å². The van der Waals surface area contributed by atoms with E-state index in [9.17, 15) is 4.79 Å². The Morgan fingerprint density at radius 2 is 1.16 bits per heavy atom. The van der Waals surface area contributed by atoms with Gasteiger partial charge in [0.1, 0.15) is 0 Å². The molecule has 0 bridgehead atoms. The van der Waals surface area contributed by atoms with Crippen LogP contribution >= 0.6 is 0 Å². The molecule has 0 saturated heterocycles. The van der Waals surface area contributed by atoms with Gasteiger partial charge in [0.15, 0.2) is 0 Å². The molecular formula is C29H28N2O. The third-order valence-corrected chi connectivity index (χ3v) is 5.74. The first-order chi connectivity index (χ1) is 15.6. The molecule has 1 amide bonds. The van der Waals surface area contributed by atoms with Crippen molar-refractivity contribution in [2.24, 2.45) is 0 Å². The Hall–Kier alpha value is -3.85. The van der Waals surface area contributed by atoms with Crippen LogP contribution in [0, 0.1) is 0 Å². The number of para-hydroxylation sites is 2. The molecular weight excluding hydrogens is 392 g/mol. The van der Waals surface area contributed by atoms with Crippen molar-refractivity contribution >= 4 is 17.3 Å². The van der Waals surface area contributed by atoms with Gasteiger partial charge in [-0.1, -0.05) is 91.0 Å². The van der Waals surface area contributed by atoms with E-state index in [-0.39, 0.29) is 18.0 Å². The average molecular weight is 421 g/mol. The third-order valence-electron chi connectivity index (χ3n) is 5.74. The Balaban J connectivity index is 1.75. The van der Waals surface area contributed by atoms with Crippen LogP contribution in [0.15, 0.2) is 115 Å². The SMILES string of the molecule is C[C@H](Nc1ccccc1N(C(=O)c1ccccc1)[C@@H](C)c1ccccc1)c1ccccc1. The topological polar surface area (TPSA) is 32.3 Å². The van der Waals surface area contributed by atoms with Crippen LogP contribution in [-0.2, 0) is 0 Å². The summed E-state index contributed by atoms with van der Waals surface area (Å²) in [6, 6.07) is 38.0. The molecule has 0 saturated carbocycles. The van der Waals surface area contributed by atoms with Gasteiger partial charge in [-0.05, 0) is 49.2 Å². The first-order valence-corrected chi connectivity index (χ1v) is 11.0. The Bertz CT molecular complexity index is 1140. The monoisotopic (exact) mass is 420 g/mol. The Morgan fingerprint density at radius 3 is 1.78 bits per heavy atom. The summed E-state index contributed by atoms with van der Waals surface area (Å²) >= 11 is 0. The van der Waals surface area contributed by atoms with E-state index in [1.165, 1.54) is 5.56 Å². The van der Waals surface area contributed by atoms with Crippen molar-refractivity contribution in [1.82, 2.24) is 0 Å². The molecule has 0 aliphatic rings. The fraction of sp³-hybridized carbons (Fsp3) is 0.138. The summed E-state index contributed by atoms with van der Waals surface area (Å²) < 4.78 is 0. The van der Waals surface area contributed by atoms with Crippen LogP contribution in [0.4, 0.5) is 11.4 Å².